The van der Waals surface area contributed by atoms with E-state index < -0.39 is 0 Å². The molecule has 1 rings (SSSR count). The summed E-state index contributed by atoms with van der Waals surface area (Å²) in [5, 5.41) is 3.21. The molecule has 1 fully saturated rings. The van der Waals surface area contributed by atoms with Gasteiger partial charge in [0.25, 0.3) is 0 Å². The number of rotatable bonds is 3. The molecule has 0 aromatic carbocycles. The third-order valence-corrected chi connectivity index (χ3v) is 3.40. The molecule has 1 saturated heterocycles. The van der Waals surface area contributed by atoms with Crippen molar-refractivity contribution in [2.75, 3.05) is 26.7 Å². The third kappa shape index (κ3) is 5.06. The van der Waals surface area contributed by atoms with E-state index in [2.05, 4.69) is 43.9 Å². The Balaban J connectivity index is 0.00000400. The largest absolute Gasteiger partial charge is 0.355 e. The molecular weight excluding hydrogens is 379 g/mol. The zero-order chi connectivity index (χ0) is 15.3. The predicted octanol–water partition coefficient (Wildman–Crippen LogP) is 1.53. The molecule has 0 aromatic rings. The highest BCUT2D eigenvalue weighted by Crippen LogP contribution is 2.24. The highest BCUT2D eigenvalue weighted by atomic mass is 127. The molecule has 1 aliphatic heterocycles. The number of carbonyl (C=O) groups excluding carboxylic acids is 1. The van der Waals surface area contributed by atoms with E-state index in [4.69, 9.17) is 6.42 Å². The summed E-state index contributed by atoms with van der Waals surface area (Å²) in [6, 6.07) is 0.205. The van der Waals surface area contributed by atoms with Crippen LogP contribution in [0.3, 0.4) is 0 Å². The summed E-state index contributed by atoms with van der Waals surface area (Å²) in [5.74, 6) is 3.46. The number of carbonyl (C=O) groups is 1. The molecule has 1 aliphatic rings. The van der Waals surface area contributed by atoms with Crippen LogP contribution in [0.15, 0.2) is 4.99 Å². The molecule has 0 aromatic heterocycles. The second-order valence-electron chi connectivity index (χ2n) is 5.95. The zero-order valence-electron chi connectivity index (χ0n) is 13.6. The van der Waals surface area contributed by atoms with E-state index >= 15 is 0 Å². The van der Waals surface area contributed by atoms with Crippen LogP contribution in [-0.2, 0) is 4.79 Å². The first-order valence-corrected chi connectivity index (χ1v) is 7.04. The third-order valence-electron chi connectivity index (χ3n) is 3.40. The van der Waals surface area contributed by atoms with Gasteiger partial charge in [0, 0.05) is 32.6 Å². The Morgan fingerprint density at radius 2 is 2.14 bits per heavy atom. The summed E-state index contributed by atoms with van der Waals surface area (Å²) in [6.07, 6.45) is 5.89. The fourth-order valence-corrected chi connectivity index (χ4v) is 2.89. The Morgan fingerprint density at radius 3 is 2.57 bits per heavy atom. The van der Waals surface area contributed by atoms with Crippen molar-refractivity contribution in [3.8, 4) is 12.3 Å². The molecule has 0 unspecified atom stereocenters. The molecule has 0 saturated carbocycles. The molecule has 120 valence electrons. The Morgan fingerprint density at radius 1 is 1.52 bits per heavy atom. The van der Waals surface area contributed by atoms with Gasteiger partial charge in [-0.15, -0.1) is 36.3 Å². The summed E-state index contributed by atoms with van der Waals surface area (Å²) in [4.78, 5) is 20.6. The van der Waals surface area contributed by atoms with Crippen molar-refractivity contribution >= 4 is 35.8 Å². The van der Waals surface area contributed by atoms with Gasteiger partial charge in [0.1, 0.15) is 0 Å². The van der Waals surface area contributed by atoms with Crippen LogP contribution >= 0.6 is 24.0 Å². The highest BCUT2D eigenvalue weighted by Gasteiger charge is 2.40. The molecule has 0 bridgehead atoms. The number of amides is 1. The lowest BCUT2D eigenvalue weighted by atomic mass is 9.96. The molecule has 0 radical (unpaired) electrons. The Bertz CT molecular complexity index is 426. The maximum absolute atomic E-state index is 12.4. The van der Waals surface area contributed by atoms with Crippen molar-refractivity contribution in [3.63, 3.8) is 0 Å². The number of halogens is 1. The predicted molar refractivity (Wildman–Crippen MR) is 97.9 cm³/mol. The number of terminal acetylenes is 1. The van der Waals surface area contributed by atoms with E-state index in [1.54, 1.807) is 7.05 Å². The second-order valence-corrected chi connectivity index (χ2v) is 5.95. The van der Waals surface area contributed by atoms with Gasteiger partial charge < -0.3 is 15.1 Å². The number of nitrogens with one attached hydrogen (secondary N) is 1. The minimum Gasteiger partial charge on any atom is -0.355 e. The van der Waals surface area contributed by atoms with Crippen LogP contribution < -0.4 is 5.32 Å². The van der Waals surface area contributed by atoms with Gasteiger partial charge in [-0.3, -0.25) is 9.79 Å². The molecule has 1 heterocycles. The quantitative estimate of drug-likeness (QED) is 0.254. The van der Waals surface area contributed by atoms with Gasteiger partial charge >= 0.3 is 0 Å². The van der Waals surface area contributed by atoms with Gasteiger partial charge in [-0.25, -0.2) is 0 Å². The number of hydrogen-bond acceptors (Lipinski definition) is 2. The first-order valence-electron chi connectivity index (χ1n) is 7.04. The molecule has 5 nitrogen and oxygen atoms in total. The van der Waals surface area contributed by atoms with Gasteiger partial charge in [0.2, 0.25) is 5.91 Å². The number of guanidine groups is 1. The van der Waals surface area contributed by atoms with Gasteiger partial charge in [-0.05, 0) is 27.7 Å². The van der Waals surface area contributed by atoms with E-state index in [1.807, 2.05) is 9.80 Å². The fraction of sp³-hybridized carbons (Fsp3) is 0.733. The average molecular weight is 406 g/mol. The highest BCUT2D eigenvalue weighted by molar-refractivity contribution is 14.0. The Kier molecular flexibility index (Phi) is 8.08. The van der Waals surface area contributed by atoms with Crippen molar-refractivity contribution in [1.29, 1.82) is 0 Å². The van der Waals surface area contributed by atoms with Crippen LogP contribution in [0.1, 0.15) is 34.1 Å². The Hall–Kier alpha value is -0.970. The normalized spacial score (nSPS) is 18.3. The molecule has 1 amide bonds. The number of piperazine rings is 1. The van der Waals surface area contributed by atoms with Crippen LogP contribution in [0, 0.1) is 12.3 Å². The van der Waals surface area contributed by atoms with Gasteiger partial charge in [0.05, 0.1) is 12.1 Å². The molecule has 6 heteroatoms. The van der Waals surface area contributed by atoms with Crippen LogP contribution in [-0.4, -0.2) is 59.9 Å². The van der Waals surface area contributed by atoms with Crippen LogP contribution in [0.5, 0.6) is 0 Å². The minimum atomic E-state index is -0.215. The number of nitrogens with zero attached hydrogens (tertiary/aromatic N) is 3. The van der Waals surface area contributed by atoms with Crippen molar-refractivity contribution < 1.29 is 4.79 Å². The van der Waals surface area contributed by atoms with E-state index in [9.17, 15) is 4.79 Å². The van der Waals surface area contributed by atoms with E-state index in [-0.39, 0.29) is 41.5 Å². The standard InChI is InChI=1S/C15H26N4O.HI/c1-7-8-9-17-14(16-6)18-10-13(20)19(12(2)3)15(4,5)11-18;/h1,12H,8-11H2,2-6H3,(H,16,17);1H. The van der Waals surface area contributed by atoms with Crippen LogP contribution in [0.2, 0.25) is 0 Å². The molecule has 21 heavy (non-hydrogen) atoms. The maximum Gasteiger partial charge on any atom is 0.242 e. The molecule has 1 N–H and O–H groups in total. The monoisotopic (exact) mass is 406 g/mol. The molecule has 0 aliphatic carbocycles. The molecular formula is C15H27IN4O. The van der Waals surface area contributed by atoms with Crippen LogP contribution in [0.25, 0.3) is 0 Å². The molecule has 0 spiro atoms. The summed E-state index contributed by atoms with van der Waals surface area (Å²) in [6.45, 7) is 10.1. The SMILES string of the molecule is C#CCCNC(=NC)N1CC(=O)N(C(C)C)C(C)(C)C1.I. The smallest absolute Gasteiger partial charge is 0.242 e. The second kappa shape index (κ2) is 8.47. The molecule has 0 atom stereocenters. The van der Waals surface area contributed by atoms with Gasteiger partial charge in [0.15, 0.2) is 5.96 Å². The lowest BCUT2D eigenvalue weighted by molar-refractivity contribution is -0.145. The number of hydrogen-bond donors (Lipinski definition) is 1. The lowest BCUT2D eigenvalue weighted by Crippen LogP contribution is -2.66. The van der Waals surface area contributed by atoms with Gasteiger partial charge in [-0.1, -0.05) is 0 Å². The van der Waals surface area contributed by atoms with Crippen molar-refractivity contribution in [3.05, 3.63) is 0 Å². The summed E-state index contributed by atoms with van der Waals surface area (Å²) >= 11 is 0. The summed E-state index contributed by atoms with van der Waals surface area (Å²) in [7, 11) is 1.73. The zero-order valence-corrected chi connectivity index (χ0v) is 16.0. The van der Waals surface area contributed by atoms with E-state index in [0.29, 0.717) is 19.5 Å². The number of aliphatic imine (C=N–C) groups is 1. The fourth-order valence-electron chi connectivity index (χ4n) is 2.89. The first kappa shape index (κ1) is 20.0. The maximum atomic E-state index is 12.4. The van der Waals surface area contributed by atoms with Crippen molar-refractivity contribution in [2.45, 2.75) is 45.7 Å². The van der Waals surface area contributed by atoms with Crippen molar-refractivity contribution in [2.24, 2.45) is 4.99 Å². The van der Waals surface area contributed by atoms with Crippen molar-refractivity contribution in [1.82, 2.24) is 15.1 Å². The summed E-state index contributed by atoms with van der Waals surface area (Å²) < 4.78 is 0. The van der Waals surface area contributed by atoms with E-state index in [1.165, 1.54) is 0 Å². The van der Waals surface area contributed by atoms with E-state index in [0.717, 1.165) is 12.5 Å². The topological polar surface area (TPSA) is 47.9 Å². The van der Waals surface area contributed by atoms with Crippen LogP contribution in [0.4, 0.5) is 0 Å². The minimum absolute atomic E-state index is 0. The Labute approximate surface area is 145 Å². The average Bonchev–Trinajstić information content (AvgIpc) is 2.32. The summed E-state index contributed by atoms with van der Waals surface area (Å²) in [5.41, 5.74) is -0.215. The lowest BCUT2D eigenvalue weighted by Gasteiger charge is -2.49. The first-order chi connectivity index (χ1) is 9.33. The van der Waals surface area contributed by atoms with Gasteiger partial charge in [-0.2, -0.15) is 0 Å².